The Labute approximate surface area is 72.9 Å². The van der Waals surface area contributed by atoms with Crippen molar-refractivity contribution in [2.24, 2.45) is 5.73 Å². The quantitative estimate of drug-likeness (QED) is 0.592. The number of nitrogens with zero attached hydrogens (tertiary/aromatic N) is 3. The van der Waals surface area contributed by atoms with Crippen LogP contribution >= 0.6 is 0 Å². The molecule has 6 heteroatoms. The van der Waals surface area contributed by atoms with Crippen molar-refractivity contribution in [2.45, 2.75) is 6.54 Å². The van der Waals surface area contributed by atoms with Crippen LogP contribution in [0.25, 0.3) is 11.2 Å². The van der Waals surface area contributed by atoms with Crippen molar-refractivity contribution in [3.05, 3.63) is 28.6 Å². The smallest absolute Gasteiger partial charge is 0.279 e. The minimum Gasteiger partial charge on any atom is -0.324 e. The molecule has 2 rings (SSSR count). The van der Waals surface area contributed by atoms with Gasteiger partial charge in [-0.05, 0) is 0 Å². The molecule has 2 aromatic rings. The molecule has 0 saturated heterocycles. The van der Waals surface area contributed by atoms with Gasteiger partial charge in [0.15, 0.2) is 11.2 Å². The highest BCUT2D eigenvalue weighted by molar-refractivity contribution is 5.67. The lowest BCUT2D eigenvalue weighted by Gasteiger charge is -1.97. The van der Waals surface area contributed by atoms with E-state index in [4.69, 9.17) is 5.73 Å². The molecule has 0 spiro atoms. The van der Waals surface area contributed by atoms with Crippen LogP contribution in [-0.4, -0.2) is 19.9 Å². The standard InChI is InChI=1S/C7H7N5O/c8-3-4-11-6-5(7(13)12-4)9-1-2-10-6/h1-2H,3,8H2,(H,10,11,12,13). The van der Waals surface area contributed by atoms with Crippen molar-refractivity contribution in [2.75, 3.05) is 0 Å². The van der Waals surface area contributed by atoms with Crippen LogP contribution in [0.3, 0.4) is 0 Å². The van der Waals surface area contributed by atoms with Gasteiger partial charge in [0.25, 0.3) is 5.56 Å². The van der Waals surface area contributed by atoms with Gasteiger partial charge in [-0.25, -0.2) is 15.0 Å². The summed E-state index contributed by atoms with van der Waals surface area (Å²) in [6.07, 6.45) is 2.93. The second-order valence-corrected chi connectivity index (χ2v) is 2.45. The molecular formula is C7H7N5O. The molecule has 6 nitrogen and oxygen atoms in total. The third-order valence-corrected chi connectivity index (χ3v) is 1.59. The van der Waals surface area contributed by atoms with Crippen molar-refractivity contribution in [1.82, 2.24) is 19.9 Å². The minimum atomic E-state index is -0.307. The molecule has 0 atom stereocenters. The molecule has 13 heavy (non-hydrogen) atoms. The summed E-state index contributed by atoms with van der Waals surface area (Å²) in [6, 6.07) is 0. The van der Waals surface area contributed by atoms with Gasteiger partial charge in [-0.1, -0.05) is 0 Å². The summed E-state index contributed by atoms with van der Waals surface area (Å²) in [5, 5.41) is 0. The van der Waals surface area contributed by atoms with E-state index in [9.17, 15) is 4.79 Å². The summed E-state index contributed by atoms with van der Waals surface area (Å²) in [7, 11) is 0. The van der Waals surface area contributed by atoms with Gasteiger partial charge in [-0.15, -0.1) is 0 Å². The maximum Gasteiger partial charge on any atom is 0.279 e. The van der Waals surface area contributed by atoms with E-state index in [1.165, 1.54) is 12.4 Å². The first-order chi connectivity index (χ1) is 6.31. The van der Waals surface area contributed by atoms with Crippen molar-refractivity contribution >= 4 is 11.2 Å². The highest BCUT2D eigenvalue weighted by Crippen LogP contribution is 1.97. The van der Waals surface area contributed by atoms with Gasteiger partial charge in [0.1, 0.15) is 5.82 Å². The van der Waals surface area contributed by atoms with Gasteiger partial charge in [-0.2, -0.15) is 0 Å². The van der Waals surface area contributed by atoms with Gasteiger partial charge in [0, 0.05) is 12.4 Å². The van der Waals surface area contributed by atoms with Crippen LogP contribution in [0.1, 0.15) is 5.82 Å². The number of fused-ring (bicyclic) bond motifs is 1. The van der Waals surface area contributed by atoms with Gasteiger partial charge in [0.05, 0.1) is 6.54 Å². The Balaban J connectivity index is 2.85. The lowest BCUT2D eigenvalue weighted by Crippen LogP contribution is -2.15. The topological polar surface area (TPSA) is 97.5 Å². The SMILES string of the molecule is NCc1nc2nccnc2c(=O)[nH]1. The molecule has 0 aliphatic rings. The highest BCUT2D eigenvalue weighted by Gasteiger charge is 2.02. The van der Waals surface area contributed by atoms with E-state index >= 15 is 0 Å². The number of aromatic nitrogens is 4. The second-order valence-electron chi connectivity index (χ2n) is 2.45. The average molecular weight is 177 g/mol. The van der Waals surface area contributed by atoms with E-state index in [1.807, 2.05) is 0 Å². The number of H-pyrrole nitrogens is 1. The molecule has 66 valence electrons. The molecule has 0 aliphatic carbocycles. The Morgan fingerprint density at radius 3 is 2.92 bits per heavy atom. The number of nitrogens with one attached hydrogen (secondary N) is 1. The molecule has 2 heterocycles. The molecular weight excluding hydrogens is 170 g/mol. The Morgan fingerprint density at radius 1 is 1.38 bits per heavy atom. The molecule has 0 radical (unpaired) electrons. The maximum absolute atomic E-state index is 11.3. The number of nitrogens with two attached hydrogens (primary N) is 1. The zero-order valence-electron chi connectivity index (χ0n) is 6.69. The molecule has 0 saturated carbocycles. The summed E-state index contributed by atoms with van der Waals surface area (Å²) in [5.41, 5.74) is 5.58. The molecule has 0 bridgehead atoms. The summed E-state index contributed by atoms with van der Waals surface area (Å²) in [4.78, 5) is 25.6. The van der Waals surface area contributed by atoms with E-state index in [0.717, 1.165) is 0 Å². The molecule has 0 fully saturated rings. The lowest BCUT2D eigenvalue weighted by molar-refractivity contribution is 0.902. The van der Waals surface area contributed by atoms with Crippen LogP contribution in [-0.2, 0) is 6.54 Å². The summed E-state index contributed by atoms with van der Waals surface area (Å²) in [6.45, 7) is 0.182. The molecule has 0 amide bonds. The summed E-state index contributed by atoms with van der Waals surface area (Å²) < 4.78 is 0. The normalized spacial score (nSPS) is 10.5. The van der Waals surface area contributed by atoms with Gasteiger partial charge >= 0.3 is 0 Å². The van der Waals surface area contributed by atoms with Crippen LogP contribution in [0.2, 0.25) is 0 Å². The minimum absolute atomic E-state index is 0.182. The van der Waals surface area contributed by atoms with Crippen LogP contribution in [0.4, 0.5) is 0 Å². The van der Waals surface area contributed by atoms with E-state index in [-0.39, 0.29) is 17.6 Å². The molecule has 3 N–H and O–H groups in total. The van der Waals surface area contributed by atoms with Gasteiger partial charge in [0.2, 0.25) is 0 Å². The third kappa shape index (κ3) is 1.27. The fourth-order valence-electron chi connectivity index (χ4n) is 1.02. The number of hydrogen-bond acceptors (Lipinski definition) is 5. The highest BCUT2D eigenvalue weighted by atomic mass is 16.1. The summed E-state index contributed by atoms with van der Waals surface area (Å²) in [5.74, 6) is 0.415. The molecule has 0 aromatic carbocycles. The van der Waals surface area contributed by atoms with Crippen molar-refractivity contribution in [1.29, 1.82) is 0 Å². The monoisotopic (exact) mass is 177 g/mol. The van der Waals surface area contributed by atoms with E-state index in [1.54, 1.807) is 0 Å². The average Bonchev–Trinajstić information content (AvgIpc) is 2.18. The lowest BCUT2D eigenvalue weighted by atomic mass is 10.5. The number of aromatic amines is 1. The first-order valence-electron chi connectivity index (χ1n) is 3.71. The van der Waals surface area contributed by atoms with Gasteiger partial charge < -0.3 is 10.7 Å². The zero-order chi connectivity index (χ0) is 9.26. The molecule has 0 unspecified atom stereocenters. The van der Waals surface area contributed by atoms with Crippen molar-refractivity contribution in [3.63, 3.8) is 0 Å². The Hall–Kier alpha value is -1.82. The predicted octanol–water partition coefficient (Wildman–Crippen LogP) is -0.828. The fraction of sp³-hybridized carbons (Fsp3) is 0.143. The van der Waals surface area contributed by atoms with E-state index < -0.39 is 0 Å². The largest absolute Gasteiger partial charge is 0.324 e. The maximum atomic E-state index is 11.3. The third-order valence-electron chi connectivity index (χ3n) is 1.59. The first kappa shape index (κ1) is 7.81. The van der Waals surface area contributed by atoms with Crippen LogP contribution in [0.5, 0.6) is 0 Å². The second kappa shape index (κ2) is 2.91. The van der Waals surface area contributed by atoms with Gasteiger partial charge in [-0.3, -0.25) is 4.79 Å². The van der Waals surface area contributed by atoms with Crippen LogP contribution in [0.15, 0.2) is 17.2 Å². The predicted molar refractivity (Wildman–Crippen MR) is 45.8 cm³/mol. The Morgan fingerprint density at radius 2 is 2.15 bits per heavy atom. The van der Waals surface area contributed by atoms with Crippen molar-refractivity contribution < 1.29 is 0 Å². The van der Waals surface area contributed by atoms with E-state index in [2.05, 4.69) is 19.9 Å². The summed E-state index contributed by atoms with van der Waals surface area (Å²) >= 11 is 0. The molecule has 2 aromatic heterocycles. The number of hydrogen-bond donors (Lipinski definition) is 2. The Kier molecular flexibility index (Phi) is 1.75. The van der Waals surface area contributed by atoms with Crippen molar-refractivity contribution in [3.8, 4) is 0 Å². The number of rotatable bonds is 1. The molecule has 0 aliphatic heterocycles. The Bertz CT molecular complexity index is 491. The van der Waals surface area contributed by atoms with E-state index in [0.29, 0.717) is 11.5 Å². The van der Waals surface area contributed by atoms with Crippen LogP contribution < -0.4 is 11.3 Å². The fourth-order valence-corrected chi connectivity index (χ4v) is 1.02. The zero-order valence-corrected chi connectivity index (χ0v) is 6.69. The first-order valence-corrected chi connectivity index (χ1v) is 3.71. The van der Waals surface area contributed by atoms with Crippen LogP contribution in [0, 0.1) is 0 Å².